The molecular formula is C25H26N4O6S2. The molecule has 0 aliphatic carbocycles. The summed E-state index contributed by atoms with van der Waals surface area (Å²) in [6, 6.07) is 17.6. The Morgan fingerprint density at radius 2 is 1.59 bits per heavy atom. The van der Waals surface area contributed by atoms with E-state index in [4.69, 9.17) is 9.15 Å². The molecule has 3 aromatic carbocycles. The lowest BCUT2D eigenvalue weighted by molar-refractivity contribution is 0.346. The number of benzene rings is 3. The van der Waals surface area contributed by atoms with E-state index >= 15 is 0 Å². The summed E-state index contributed by atoms with van der Waals surface area (Å²) in [6.07, 6.45) is 2.79. The van der Waals surface area contributed by atoms with E-state index in [9.17, 15) is 16.8 Å². The van der Waals surface area contributed by atoms with Crippen LogP contribution in [0.4, 0.5) is 17.4 Å². The molecule has 10 nitrogen and oxygen atoms in total. The minimum absolute atomic E-state index is 0.0121. The first kappa shape index (κ1) is 25.1. The molecule has 37 heavy (non-hydrogen) atoms. The molecule has 1 fully saturated rings. The smallest absolute Gasteiger partial charge is 0.300 e. The summed E-state index contributed by atoms with van der Waals surface area (Å²) in [4.78, 5) is 4.59. The summed E-state index contributed by atoms with van der Waals surface area (Å²) in [7, 11) is -5.97. The van der Waals surface area contributed by atoms with Crippen molar-refractivity contribution in [3.63, 3.8) is 0 Å². The van der Waals surface area contributed by atoms with Crippen LogP contribution >= 0.6 is 0 Å². The zero-order valence-electron chi connectivity index (χ0n) is 20.0. The molecule has 1 aromatic heterocycles. The highest BCUT2D eigenvalue weighted by atomic mass is 32.2. The maximum Gasteiger partial charge on any atom is 0.300 e. The number of sulfonamides is 2. The molecular weight excluding hydrogens is 516 g/mol. The van der Waals surface area contributed by atoms with E-state index in [1.165, 1.54) is 29.6 Å². The molecule has 5 rings (SSSR count). The van der Waals surface area contributed by atoms with Gasteiger partial charge in [0.15, 0.2) is 5.58 Å². The van der Waals surface area contributed by atoms with Gasteiger partial charge in [0.05, 0.1) is 22.6 Å². The fourth-order valence-electron chi connectivity index (χ4n) is 4.15. The lowest BCUT2D eigenvalue weighted by Gasteiger charge is -2.25. The number of ether oxygens (including phenoxy) is 1. The molecule has 0 unspecified atom stereocenters. The van der Waals surface area contributed by atoms with Crippen LogP contribution in [0.25, 0.3) is 11.1 Å². The van der Waals surface area contributed by atoms with Crippen molar-refractivity contribution in [2.75, 3.05) is 30.2 Å². The van der Waals surface area contributed by atoms with Gasteiger partial charge in [-0.2, -0.15) is 9.29 Å². The third-order valence-electron chi connectivity index (χ3n) is 6.08. The largest absolute Gasteiger partial charge is 0.495 e. The Morgan fingerprint density at radius 3 is 2.32 bits per heavy atom. The van der Waals surface area contributed by atoms with Gasteiger partial charge in [-0.25, -0.2) is 16.8 Å². The van der Waals surface area contributed by atoms with Crippen LogP contribution in [0, 0.1) is 0 Å². The average Bonchev–Trinajstić information content (AvgIpc) is 3.31. The zero-order chi connectivity index (χ0) is 26.0. The van der Waals surface area contributed by atoms with E-state index in [2.05, 4.69) is 15.0 Å². The first-order chi connectivity index (χ1) is 17.8. The van der Waals surface area contributed by atoms with Gasteiger partial charge in [0.1, 0.15) is 11.3 Å². The number of nitrogens with zero attached hydrogens (tertiary/aromatic N) is 2. The van der Waals surface area contributed by atoms with Crippen LogP contribution in [0.1, 0.15) is 19.3 Å². The number of hydrogen-bond acceptors (Lipinski definition) is 8. The number of para-hydroxylation sites is 2. The van der Waals surface area contributed by atoms with Crippen molar-refractivity contribution >= 4 is 48.5 Å². The van der Waals surface area contributed by atoms with Gasteiger partial charge in [0.25, 0.3) is 16.0 Å². The number of nitrogens with one attached hydrogen (secondary N) is 2. The number of anilines is 3. The van der Waals surface area contributed by atoms with E-state index < -0.39 is 20.0 Å². The number of piperidine rings is 1. The van der Waals surface area contributed by atoms with Crippen molar-refractivity contribution in [3.05, 3.63) is 66.7 Å². The van der Waals surface area contributed by atoms with Crippen molar-refractivity contribution in [3.8, 4) is 5.75 Å². The highest BCUT2D eigenvalue weighted by Gasteiger charge is 2.26. The number of fused-ring (bicyclic) bond motifs is 1. The highest BCUT2D eigenvalue weighted by Crippen LogP contribution is 2.29. The molecule has 0 saturated carbocycles. The van der Waals surface area contributed by atoms with Gasteiger partial charge < -0.3 is 14.5 Å². The van der Waals surface area contributed by atoms with E-state index in [1.54, 1.807) is 48.5 Å². The standard InChI is InChI=1S/C25H26N4O6S2/c1-34-23-8-4-3-7-21(23)28-36(30,31)20-13-14-24-22(17-20)27-25(35-24)26-18-9-11-19(12-10-18)37(32,33)29-15-5-2-6-16-29/h3-4,7-14,17,28H,2,5-6,15-16H2,1H3,(H,26,27). The lowest BCUT2D eigenvalue weighted by Crippen LogP contribution is -2.35. The number of methoxy groups -OCH3 is 1. The monoisotopic (exact) mass is 542 g/mol. The number of rotatable bonds is 8. The van der Waals surface area contributed by atoms with Gasteiger partial charge in [-0.1, -0.05) is 18.6 Å². The van der Waals surface area contributed by atoms with Gasteiger partial charge in [0.2, 0.25) is 10.0 Å². The second kappa shape index (κ2) is 10.0. The summed E-state index contributed by atoms with van der Waals surface area (Å²) < 4.78 is 66.6. The number of aromatic nitrogens is 1. The maximum atomic E-state index is 12.9. The molecule has 12 heteroatoms. The SMILES string of the molecule is COc1ccccc1NS(=O)(=O)c1ccc2oc(Nc3ccc(S(=O)(=O)N4CCCCC4)cc3)nc2c1. The molecule has 4 aromatic rings. The van der Waals surface area contributed by atoms with Gasteiger partial charge in [-0.15, -0.1) is 0 Å². The molecule has 0 spiro atoms. The van der Waals surface area contributed by atoms with Crippen LogP contribution in [0.5, 0.6) is 5.75 Å². The van der Waals surface area contributed by atoms with Gasteiger partial charge >= 0.3 is 0 Å². The molecule has 0 bridgehead atoms. The first-order valence-corrected chi connectivity index (χ1v) is 14.6. The summed E-state index contributed by atoms with van der Waals surface area (Å²) in [5.41, 5.74) is 1.63. The molecule has 2 heterocycles. The molecule has 0 atom stereocenters. The topological polar surface area (TPSA) is 131 Å². The van der Waals surface area contributed by atoms with Crippen molar-refractivity contribution in [1.29, 1.82) is 0 Å². The Kier molecular flexibility index (Phi) is 6.80. The van der Waals surface area contributed by atoms with Crippen LogP contribution < -0.4 is 14.8 Å². The number of hydrogen-bond donors (Lipinski definition) is 2. The molecule has 1 saturated heterocycles. The summed E-state index contributed by atoms with van der Waals surface area (Å²) >= 11 is 0. The van der Waals surface area contributed by atoms with E-state index in [0.29, 0.717) is 41.3 Å². The highest BCUT2D eigenvalue weighted by molar-refractivity contribution is 7.92. The molecule has 1 aliphatic heterocycles. The van der Waals surface area contributed by atoms with Crippen molar-refractivity contribution < 1.29 is 26.0 Å². The Morgan fingerprint density at radius 1 is 0.892 bits per heavy atom. The van der Waals surface area contributed by atoms with Crippen molar-refractivity contribution in [2.45, 2.75) is 29.1 Å². The van der Waals surface area contributed by atoms with Crippen molar-refractivity contribution in [2.24, 2.45) is 0 Å². The van der Waals surface area contributed by atoms with Crippen LogP contribution in [-0.2, 0) is 20.0 Å². The zero-order valence-corrected chi connectivity index (χ0v) is 21.7. The van der Waals surface area contributed by atoms with Crippen LogP contribution in [0.15, 0.2) is 80.9 Å². The summed E-state index contributed by atoms with van der Waals surface area (Å²) in [6.45, 7) is 1.08. The van der Waals surface area contributed by atoms with E-state index in [1.807, 2.05) is 0 Å². The quantitative estimate of drug-likeness (QED) is 0.331. The fraction of sp³-hybridized carbons (Fsp3) is 0.240. The normalized spacial score (nSPS) is 14.9. The minimum Gasteiger partial charge on any atom is -0.495 e. The molecule has 2 N–H and O–H groups in total. The Labute approximate surface area is 215 Å². The average molecular weight is 543 g/mol. The van der Waals surface area contributed by atoms with Crippen LogP contribution in [0.3, 0.4) is 0 Å². The Hall–Kier alpha value is -3.61. The predicted octanol–water partition coefficient (Wildman–Crippen LogP) is 4.56. The molecule has 0 radical (unpaired) electrons. The first-order valence-electron chi connectivity index (χ1n) is 11.7. The van der Waals surface area contributed by atoms with Gasteiger partial charge in [-0.05, 0) is 67.4 Å². The third-order valence-corrected chi connectivity index (χ3v) is 9.36. The van der Waals surface area contributed by atoms with Crippen LogP contribution in [-0.4, -0.2) is 46.3 Å². The predicted molar refractivity (Wildman–Crippen MR) is 140 cm³/mol. The Balaban J connectivity index is 1.33. The summed E-state index contributed by atoms with van der Waals surface area (Å²) in [5, 5.41) is 3.00. The Bertz CT molecular complexity index is 1630. The second-order valence-corrected chi connectivity index (χ2v) is 12.2. The maximum absolute atomic E-state index is 12.9. The van der Waals surface area contributed by atoms with Gasteiger partial charge in [0, 0.05) is 18.8 Å². The van der Waals surface area contributed by atoms with Gasteiger partial charge in [-0.3, -0.25) is 4.72 Å². The summed E-state index contributed by atoms with van der Waals surface area (Å²) in [5.74, 6) is 0.398. The third kappa shape index (κ3) is 5.26. The number of oxazole rings is 1. The van der Waals surface area contributed by atoms with E-state index in [-0.39, 0.29) is 15.8 Å². The lowest BCUT2D eigenvalue weighted by atomic mass is 10.2. The molecule has 1 aliphatic rings. The van der Waals surface area contributed by atoms with E-state index in [0.717, 1.165) is 19.3 Å². The molecule has 194 valence electrons. The van der Waals surface area contributed by atoms with Crippen LogP contribution in [0.2, 0.25) is 0 Å². The molecule has 0 amide bonds. The fourth-order valence-corrected chi connectivity index (χ4v) is 6.76. The van der Waals surface area contributed by atoms with Crippen molar-refractivity contribution in [1.82, 2.24) is 9.29 Å². The minimum atomic E-state index is -3.91. The second-order valence-electron chi connectivity index (χ2n) is 8.57.